The highest BCUT2D eigenvalue weighted by Crippen LogP contribution is 2.21. The Bertz CT molecular complexity index is 922. The predicted octanol–water partition coefficient (Wildman–Crippen LogP) is 4.57. The third-order valence-electron chi connectivity index (χ3n) is 3.85. The Morgan fingerprint density at radius 1 is 0.704 bits per heavy atom. The molecule has 3 N–H and O–H groups in total. The first-order valence-electron chi connectivity index (χ1n) is 8.67. The van der Waals surface area contributed by atoms with E-state index in [0.29, 0.717) is 6.42 Å². The molecule has 5 nitrogen and oxygen atoms in total. The number of anilines is 4. The lowest BCUT2D eigenvalue weighted by molar-refractivity contribution is -0.116. The molecule has 5 heteroatoms. The van der Waals surface area contributed by atoms with E-state index in [4.69, 9.17) is 0 Å². The van der Waals surface area contributed by atoms with Crippen LogP contribution in [0.5, 0.6) is 0 Å². The summed E-state index contributed by atoms with van der Waals surface area (Å²) in [7, 11) is 0. The Morgan fingerprint density at radius 3 is 2.07 bits per heavy atom. The minimum atomic E-state index is -0.109. The number of carbonyl (C=O) groups excluding carboxylic acids is 2. The number of hydrogen-bond acceptors (Lipinski definition) is 3. The van der Waals surface area contributed by atoms with Gasteiger partial charge in [-0.3, -0.25) is 9.59 Å². The molecule has 0 spiro atoms. The van der Waals surface area contributed by atoms with Gasteiger partial charge in [-0.25, -0.2) is 0 Å². The SMILES string of the molecule is CC(=O)Nc1cccc(Nc2ccc(NC(=O)Cc3ccccc3)cc2)c1. The Labute approximate surface area is 158 Å². The van der Waals surface area contributed by atoms with Crippen LogP contribution in [0.25, 0.3) is 0 Å². The average Bonchev–Trinajstić information content (AvgIpc) is 2.64. The normalized spacial score (nSPS) is 10.1. The van der Waals surface area contributed by atoms with Gasteiger partial charge in [-0.1, -0.05) is 36.4 Å². The van der Waals surface area contributed by atoms with Crippen LogP contribution in [0.1, 0.15) is 12.5 Å². The molecule has 0 fully saturated rings. The van der Waals surface area contributed by atoms with E-state index in [-0.39, 0.29) is 11.8 Å². The summed E-state index contributed by atoms with van der Waals surface area (Å²) in [6, 6.07) is 24.6. The highest BCUT2D eigenvalue weighted by molar-refractivity contribution is 5.92. The second-order valence-electron chi connectivity index (χ2n) is 6.17. The molecule has 0 saturated heterocycles. The number of nitrogens with one attached hydrogen (secondary N) is 3. The summed E-state index contributed by atoms with van der Waals surface area (Å²) in [5, 5.41) is 8.93. The zero-order valence-corrected chi connectivity index (χ0v) is 15.0. The standard InChI is InChI=1S/C22H21N3O2/c1-16(26)23-20-8-5-9-21(15-20)24-18-10-12-19(13-11-18)25-22(27)14-17-6-3-2-4-7-17/h2-13,15,24H,14H2,1H3,(H,23,26)(H,25,27). The summed E-state index contributed by atoms with van der Waals surface area (Å²) in [6.07, 6.45) is 0.344. The molecule has 0 aliphatic rings. The van der Waals surface area contributed by atoms with Crippen molar-refractivity contribution >= 4 is 34.6 Å². The minimum Gasteiger partial charge on any atom is -0.355 e. The van der Waals surface area contributed by atoms with Crippen molar-refractivity contribution in [3.63, 3.8) is 0 Å². The van der Waals surface area contributed by atoms with Gasteiger partial charge in [0.1, 0.15) is 0 Å². The van der Waals surface area contributed by atoms with Gasteiger partial charge in [0.05, 0.1) is 6.42 Å². The second kappa shape index (κ2) is 8.67. The van der Waals surface area contributed by atoms with Crippen molar-refractivity contribution in [2.24, 2.45) is 0 Å². The molecule has 0 aliphatic carbocycles. The van der Waals surface area contributed by atoms with Gasteiger partial charge < -0.3 is 16.0 Å². The molecule has 3 aromatic carbocycles. The summed E-state index contributed by atoms with van der Waals surface area (Å²) < 4.78 is 0. The molecule has 3 rings (SSSR count). The molecule has 3 aromatic rings. The lowest BCUT2D eigenvalue weighted by Crippen LogP contribution is -2.14. The van der Waals surface area contributed by atoms with E-state index in [1.807, 2.05) is 78.9 Å². The molecular weight excluding hydrogens is 338 g/mol. The quantitative estimate of drug-likeness (QED) is 0.604. The maximum Gasteiger partial charge on any atom is 0.228 e. The summed E-state index contributed by atoms with van der Waals surface area (Å²) in [6.45, 7) is 1.48. The van der Waals surface area contributed by atoms with Crippen LogP contribution in [0.15, 0.2) is 78.9 Å². The third kappa shape index (κ3) is 5.71. The summed E-state index contributed by atoms with van der Waals surface area (Å²) in [4.78, 5) is 23.3. The molecule has 0 radical (unpaired) electrons. The fraction of sp³-hybridized carbons (Fsp3) is 0.0909. The van der Waals surface area contributed by atoms with Crippen LogP contribution < -0.4 is 16.0 Å². The Kier molecular flexibility index (Phi) is 5.84. The van der Waals surface area contributed by atoms with Gasteiger partial charge in [0.25, 0.3) is 0 Å². The van der Waals surface area contributed by atoms with E-state index in [1.54, 1.807) is 0 Å². The van der Waals surface area contributed by atoms with Crippen LogP contribution >= 0.6 is 0 Å². The topological polar surface area (TPSA) is 70.2 Å². The summed E-state index contributed by atoms with van der Waals surface area (Å²) in [5.41, 5.74) is 4.20. The van der Waals surface area contributed by atoms with Crippen molar-refractivity contribution in [2.45, 2.75) is 13.3 Å². The lowest BCUT2D eigenvalue weighted by Gasteiger charge is -2.10. The van der Waals surface area contributed by atoms with E-state index in [2.05, 4.69) is 16.0 Å². The number of benzene rings is 3. The van der Waals surface area contributed by atoms with Crippen molar-refractivity contribution in [3.8, 4) is 0 Å². The maximum atomic E-state index is 12.1. The monoisotopic (exact) mass is 359 g/mol. The van der Waals surface area contributed by atoms with E-state index in [0.717, 1.165) is 28.3 Å². The van der Waals surface area contributed by atoms with E-state index >= 15 is 0 Å². The van der Waals surface area contributed by atoms with Crippen LogP contribution in [-0.4, -0.2) is 11.8 Å². The highest BCUT2D eigenvalue weighted by Gasteiger charge is 2.04. The van der Waals surface area contributed by atoms with Gasteiger partial charge in [0.2, 0.25) is 11.8 Å². The molecule has 0 unspecified atom stereocenters. The highest BCUT2D eigenvalue weighted by atomic mass is 16.2. The summed E-state index contributed by atoms with van der Waals surface area (Å²) >= 11 is 0. The maximum absolute atomic E-state index is 12.1. The molecular formula is C22H21N3O2. The first-order chi connectivity index (χ1) is 13.1. The lowest BCUT2D eigenvalue weighted by atomic mass is 10.1. The van der Waals surface area contributed by atoms with Gasteiger partial charge in [0, 0.05) is 29.7 Å². The fourth-order valence-corrected chi connectivity index (χ4v) is 2.67. The average molecular weight is 359 g/mol. The van der Waals surface area contributed by atoms with Gasteiger partial charge in [-0.15, -0.1) is 0 Å². The van der Waals surface area contributed by atoms with E-state index in [1.165, 1.54) is 6.92 Å². The van der Waals surface area contributed by atoms with Crippen molar-refractivity contribution < 1.29 is 9.59 Å². The van der Waals surface area contributed by atoms with Crippen LogP contribution in [0, 0.1) is 0 Å². The van der Waals surface area contributed by atoms with Gasteiger partial charge in [-0.05, 0) is 48.0 Å². The first kappa shape index (κ1) is 18.2. The third-order valence-corrected chi connectivity index (χ3v) is 3.85. The number of amides is 2. The van der Waals surface area contributed by atoms with Gasteiger partial charge in [-0.2, -0.15) is 0 Å². The minimum absolute atomic E-state index is 0.0510. The Morgan fingerprint density at radius 2 is 1.37 bits per heavy atom. The van der Waals surface area contributed by atoms with Crippen molar-refractivity contribution in [3.05, 3.63) is 84.4 Å². The molecule has 136 valence electrons. The molecule has 0 aliphatic heterocycles. The number of rotatable bonds is 6. The molecule has 2 amide bonds. The molecule has 27 heavy (non-hydrogen) atoms. The van der Waals surface area contributed by atoms with E-state index in [9.17, 15) is 9.59 Å². The van der Waals surface area contributed by atoms with Crippen molar-refractivity contribution in [1.29, 1.82) is 0 Å². The smallest absolute Gasteiger partial charge is 0.228 e. The van der Waals surface area contributed by atoms with Crippen LogP contribution in [-0.2, 0) is 16.0 Å². The van der Waals surface area contributed by atoms with E-state index < -0.39 is 0 Å². The van der Waals surface area contributed by atoms with Crippen molar-refractivity contribution in [1.82, 2.24) is 0 Å². The molecule has 0 aromatic heterocycles. The van der Waals surface area contributed by atoms with Crippen LogP contribution in [0.2, 0.25) is 0 Å². The Balaban J connectivity index is 1.58. The van der Waals surface area contributed by atoms with Gasteiger partial charge >= 0.3 is 0 Å². The first-order valence-corrected chi connectivity index (χ1v) is 8.67. The second-order valence-corrected chi connectivity index (χ2v) is 6.17. The zero-order chi connectivity index (χ0) is 19.1. The predicted molar refractivity (Wildman–Crippen MR) is 109 cm³/mol. The Hall–Kier alpha value is -3.60. The van der Waals surface area contributed by atoms with Gasteiger partial charge in [0.15, 0.2) is 0 Å². The molecule has 0 saturated carbocycles. The van der Waals surface area contributed by atoms with Crippen LogP contribution in [0.4, 0.5) is 22.7 Å². The van der Waals surface area contributed by atoms with Crippen molar-refractivity contribution in [2.75, 3.05) is 16.0 Å². The fourth-order valence-electron chi connectivity index (χ4n) is 2.67. The molecule has 0 bridgehead atoms. The molecule has 0 heterocycles. The number of hydrogen-bond donors (Lipinski definition) is 3. The van der Waals surface area contributed by atoms with Crippen LogP contribution in [0.3, 0.4) is 0 Å². The molecule has 0 atom stereocenters. The largest absolute Gasteiger partial charge is 0.355 e. The zero-order valence-electron chi connectivity index (χ0n) is 15.0. The summed E-state index contributed by atoms with van der Waals surface area (Å²) in [5.74, 6) is -0.160. The number of carbonyl (C=O) groups is 2.